The molecule has 10 atom stereocenters. The minimum Gasteiger partial charge on any atom is -0.479 e. The quantitative estimate of drug-likeness (QED) is 0.0116. The highest BCUT2D eigenvalue weighted by Gasteiger charge is 2.39. The maximum Gasteiger partial charge on any atom is 0.335 e. The monoisotopic (exact) mass is 1230 g/mol. The number of aliphatic hydroxyl groups is 4. The Morgan fingerprint density at radius 3 is 1.09 bits per heavy atom. The van der Waals surface area contributed by atoms with Crippen LogP contribution in [-0.2, 0) is 67.1 Å². The first kappa shape index (κ1) is 77.1. The first-order chi connectivity index (χ1) is 40.4. The summed E-state index contributed by atoms with van der Waals surface area (Å²) >= 11 is 0. The first-order valence-corrected chi connectivity index (χ1v) is 26.6. The normalized spacial score (nSPS) is 14.5. The van der Waals surface area contributed by atoms with Crippen LogP contribution in [0.1, 0.15) is 77.0 Å². The Bertz CT molecular complexity index is 2140. The van der Waals surface area contributed by atoms with E-state index in [1.807, 2.05) is 21.3 Å². The minimum absolute atomic E-state index is 0.0334. The smallest absolute Gasteiger partial charge is 0.335 e. The Hall–Kier alpha value is -7.86. The average Bonchev–Trinajstić information content (AvgIpc) is 3.69. The second-order valence-electron chi connectivity index (χ2n) is 18.5. The summed E-state index contributed by atoms with van der Waals surface area (Å²) < 4.78 is 0. The number of carboxylic acids is 2. The fourth-order valence-corrected chi connectivity index (χ4v) is 7.37. The van der Waals surface area contributed by atoms with E-state index >= 15 is 0 Å². The van der Waals surface area contributed by atoms with Crippen LogP contribution < -0.4 is 70.1 Å². The van der Waals surface area contributed by atoms with Crippen LogP contribution in [0.4, 0.5) is 0 Å². The molecule has 0 radical (unpaired) electrons. The van der Waals surface area contributed by atoms with Gasteiger partial charge in [-0.2, -0.15) is 0 Å². The van der Waals surface area contributed by atoms with E-state index in [9.17, 15) is 113 Å². The molecular formula is C46H82N16O23. The van der Waals surface area contributed by atoms with Crippen molar-refractivity contribution in [2.45, 2.75) is 138 Å². The predicted octanol–water partition coefficient (Wildman–Crippen LogP) is -11.3. The molecule has 0 unspecified atom stereocenters. The van der Waals surface area contributed by atoms with Gasteiger partial charge in [-0.1, -0.05) is 0 Å². The molecule has 484 valence electrons. The van der Waals surface area contributed by atoms with Gasteiger partial charge in [0.2, 0.25) is 72.9 Å². The van der Waals surface area contributed by atoms with E-state index < -0.39 is 133 Å². The number of nitrogens with zero attached hydrogens (tertiary/aromatic N) is 3. The Morgan fingerprint density at radius 2 is 0.753 bits per heavy atom. The maximum atomic E-state index is 13.4. The van der Waals surface area contributed by atoms with Gasteiger partial charge in [0, 0.05) is 39.3 Å². The standard InChI is InChI=1S/C46H82N16O23/c47-13-1-3-15-49-37(71)29(11-6-18-60(83)25-67)54-41(75)31(21-63)56-43(77)33(35(69)45(79)80)58-39(73)27(51-23-65)9-5-17-53-62(85)20-8-10-28(52-24-66)40(74)59-34(36(70)46(81)82)44(78)57-32(22-64)42(76)55-30(12-7-19-61(84)26-68)38(72)50-16-4-2-14-48/h23-36,53,63-64,69-70,83-85H,1-22,47-48H2,(H,49,71)(H,50,72)(H,51,65)(H,52,66)(H,54,75)(H,55,76)(H,56,77)(H,57,78)(H,58,73)(H,59,74)(H,79,80)(H,81,82)/t27-,28-,29-,30-,31-,32-,33+,34+,35+,36+/m0/s1. The molecule has 24 N–H and O–H groups in total. The van der Waals surface area contributed by atoms with Crippen LogP contribution >= 0.6 is 0 Å². The third kappa shape index (κ3) is 31.6. The summed E-state index contributed by atoms with van der Waals surface area (Å²) in [5, 5.41) is 112. The number of hydrogen-bond acceptors (Lipinski definition) is 25. The van der Waals surface area contributed by atoms with Crippen LogP contribution in [0.25, 0.3) is 0 Å². The molecule has 0 saturated heterocycles. The van der Waals surface area contributed by atoms with Gasteiger partial charge in [-0.05, 0) is 90.1 Å². The molecule has 39 nitrogen and oxygen atoms in total. The average molecular weight is 1230 g/mol. The van der Waals surface area contributed by atoms with Crippen LogP contribution in [-0.4, -0.2) is 273 Å². The number of hydrogen-bond donors (Lipinski definition) is 22. The highest BCUT2D eigenvalue weighted by Crippen LogP contribution is 2.08. The van der Waals surface area contributed by atoms with E-state index in [-0.39, 0.29) is 126 Å². The van der Waals surface area contributed by atoms with Gasteiger partial charge in [0.05, 0.1) is 13.2 Å². The van der Waals surface area contributed by atoms with Crippen molar-refractivity contribution < 1.29 is 113 Å². The van der Waals surface area contributed by atoms with Crippen molar-refractivity contribution in [1.82, 2.24) is 73.9 Å². The Balaban J connectivity index is 5.83. The number of aliphatic hydroxyl groups excluding tert-OH is 4. The fraction of sp³-hybridized carbons (Fsp3) is 0.696. The van der Waals surface area contributed by atoms with Crippen molar-refractivity contribution in [3.05, 3.63) is 0 Å². The van der Waals surface area contributed by atoms with Gasteiger partial charge in [-0.3, -0.25) is 73.2 Å². The maximum absolute atomic E-state index is 13.4. The molecule has 0 spiro atoms. The van der Waals surface area contributed by atoms with Crippen molar-refractivity contribution in [2.75, 3.05) is 65.6 Å². The van der Waals surface area contributed by atoms with Crippen LogP contribution in [0.3, 0.4) is 0 Å². The second kappa shape index (κ2) is 44.6. The van der Waals surface area contributed by atoms with Crippen molar-refractivity contribution in [3.63, 3.8) is 0 Å². The Morgan fingerprint density at radius 1 is 0.412 bits per heavy atom. The Labute approximate surface area is 485 Å². The molecule has 0 aromatic heterocycles. The number of amides is 12. The zero-order valence-corrected chi connectivity index (χ0v) is 46.4. The van der Waals surface area contributed by atoms with Crippen LogP contribution in [0.5, 0.6) is 0 Å². The summed E-state index contributed by atoms with van der Waals surface area (Å²) in [5.41, 5.74) is 13.4. The summed E-state index contributed by atoms with van der Waals surface area (Å²) in [4.78, 5) is 174. The molecule has 0 bridgehead atoms. The second-order valence-corrected chi connectivity index (χ2v) is 18.5. The third-order valence-electron chi connectivity index (χ3n) is 12.1. The van der Waals surface area contributed by atoms with E-state index in [2.05, 4.69) is 37.3 Å². The topological polar surface area (TPSA) is 615 Å². The molecule has 12 amide bonds. The zero-order valence-electron chi connectivity index (χ0n) is 46.4. The van der Waals surface area contributed by atoms with Crippen molar-refractivity contribution >= 4 is 84.8 Å². The van der Waals surface area contributed by atoms with Gasteiger partial charge in [0.25, 0.3) is 0 Å². The van der Waals surface area contributed by atoms with E-state index in [0.29, 0.717) is 43.9 Å². The van der Waals surface area contributed by atoms with E-state index in [4.69, 9.17) is 11.5 Å². The molecule has 0 aliphatic rings. The number of carboxylic acid groups (broad SMARTS) is 2. The lowest BCUT2D eigenvalue weighted by molar-refractivity contribution is -0.153. The molecule has 85 heavy (non-hydrogen) atoms. The summed E-state index contributed by atoms with van der Waals surface area (Å²) in [6, 6.07) is -14.5. The lowest BCUT2D eigenvalue weighted by atomic mass is 10.1. The highest BCUT2D eigenvalue weighted by molar-refractivity contribution is 5.99. The minimum atomic E-state index is -2.70. The van der Waals surface area contributed by atoms with Gasteiger partial charge < -0.3 is 95.3 Å². The van der Waals surface area contributed by atoms with Gasteiger partial charge in [-0.25, -0.2) is 25.1 Å². The van der Waals surface area contributed by atoms with Gasteiger partial charge in [0.15, 0.2) is 12.2 Å². The number of carbonyl (C=O) groups excluding carboxylic acids is 12. The van der Waals surface area contributed by atoms with Gasteiger partial charge in [-0.15, -0.1) is 5.17 Å². The SMILES string of the molecule is NCCCCNC(=O)[C@H](CCCN(O)C=O)NC(=O)[C@H](CO)NC(=O)[C@H](NC(=O)[C@H](CCCNN(O)CCC[C@H](NC=O)C(=O)N[C@@H](C(=O)N[C@@H](CO)C(=O)N[C@@H](CCCN(O)C=O)C(=O)NCCCCN)[C@@H](O)C(=O)O)NC=O)[C@@H](O)C(=O)O. The van der Waals surface area contributed by atoms with Gasteiger partial charge in [0.1, 0.15) is 48.3 Å². The molecule has 0 aliphatic heterocycles. The predicted molar refractivity (Wildman–Crippen MR) is 284 cm³/mol. The molecule has 39 heteroatoms. The fourth-order valence-electron chi connectivity index (χ4n) is 7.37. The number of rotatable bonds is 51. The summed E-state index contributed by atoms with van der Waals surface area (Å²) in [7, 11) is 0. The summed E-state index contributed by atoms with van der Waals surface area (Å²) in [6.07, 6.45) is -4.43. The molecule has 0 heterocycles. The largest absolute Gasteiger partial charge is 0.479 e. The van der Waals surface area contributed by atoms with Crippen LogP contribution in [0.15, 0.2) is 0 Å². The van der Waals surface area contributed by atoms with E-state index in [0.717, 1.165) is 0 Å². The molecule has 0 aromatic carbocycles. The zero-order chi connectivity index (χ0) is 64.4. The number of unbranched alkanes of at least 4 members (excludes halogenated alkanes) is 2. The Kier molecular flexibility index (Phi) is 40.5. The molecule has 0 fully saturated rings. The lowest BCUT2D eigenvalue weighted by Gasteiger charge is -2.27. The molecule has 0 rings (SSSR count). The summed E-state index contributed by atoms with van der Waals surface area (Å²) in [5.74, 6) is -13.5. The van der Waals surface area contributed by atoms with Crippen LogP contribution in [0, 0.1) is 0 Å². The summed E-state index contributed by atoms with van der Waals surface area (Å²) in [6.45, 7) is -2.48. The number of carbonyl (C=O) groups is 14. The molecule has 0 aliphatic carbocycles. The number of nitrogens with two attached hydrogens (primary N) is 2. The van der Waals surface area contributed by atoms with Crippen LogP contribution in [0.2, 0.25) is 0 Å². The van der Waals surface area contributed by atoms with Crippen molar-refractivity contribution in [3.8, 4) is 0 Å². The van der Waals surface area contributed by atoms with E-state index in [1.165, 1.54) is 0 Å². The van der Waals surface area contributed by atoms with Gasteiger partial charge >= 0.3 is 11.9 Å². The number of aliphatic carboxylic acids is 2. The van der Waals surface area contributed by atoms with Crippen molar-refractivity contribution in [2.24, 2.45) is 11.5 Å². The van der Waals surface area contributed by atoms with E-state index in [1.54, 1.807) is 0 Å². The number of hydrazine groups is 1. The lowest BCUT2D eigenvalue weighted by Crippen LogP contribution is -2.62. The molecular weight excluding hydrogens is 1140 g/mol. The first-order valence-electron chi connectivity index (χ1n) is 26.6. The highest BCUT2D eigenvalue weighted by atomic mass is 16.5. The van der Waals surface area contributed by atoms with Crippen molar-refractivity contribution in [1.29, 1.82) is 0 Å². The molecule has 0 aromatic rings. The number of nitrogens with one attached hydrogen (secondary N) is 11. The number of hydroxylamine groups is 5. The third-order valence-corrected chi connectivity index (χ3v) is 12.1. The molecule has 0 saturated carbocycles.